The summed E-state index contributed by atoms with van der Waals surface area (Å²) in [7, 11) is -3.55. The first-order chi connectivity index (χ1) is 8.52. The molecule has 0 aliphatic carbocycles. The summed E-state index contributed by atoms with van der Waals surface area (Å²) < 4.78 is 33.4. The Morgan fingerprint density at radius 2 is 2.17 bits per heavy atom. The van der Waals surface area contributed by atoms with E-state index >= 15 is 0 Å². The molecule has 0 amide bonds. The third kappa shape index (κ3) is 2.33. The molecular formula is C10H11BrN2O3S2. The van der Waals surface area contributed by atoms with E-state index in [2.05, 4.69) is 26.0 Å². The molecule has 2 aliphatic rings. The Morgan fingerprint density at radius 1 is 1.44 bits per heavy atom. The van der Waals surface area contributed by atoms with Crippen LogP contribution in [0.3, 0.4) is 0 Å². The molecule has 98 valence electrons. The number of benzene rings is 1. The van der Waals surface area contributed by atoms with Crippen LogP contribution in [0.2, 0.25) is 0 Å². The van der Waals surface area contributed by atoms with Crippen LogP contribution in [-0.4, -0.2) is 32.0 Å². The average molecular weight is 351 g/mol. The maximum atomic E-state index is 12.2. The van der Waals surface area contributed by atoms with Gasteiger partial charge in [0.25, 0.3) is 0 Å². The van der Waals surface area contributed by atoms with E-state index in [9.17, 15) is 8.42 Å². The van der Waals surface area contributed by atoms with Gasteiger partial charge in [-0.2, -0.15) is 4.72 Å². The SMILES string of the molecule is O=S(=O)(N[C@]12OCCN[C@@H]1S2)c1ccc(Br)cc1. The van der Waals surface area contributed by atoms with Crippen molar-refractivity contribution in [2.45, 2.75) is 15.3 Å². The molecule has 2 aliphatic heterocycles. The molecule has 0 spiro atoms. The Kier molecular flexibility index (Phi) is 3.20. The average Bonchev–Trinajstić information content (AvgIpc) is 3.02. The maximum Gasteiger partial charge on any atom is 0.243 e. The molecule has 0 bridgehead atoms. The Hall–Kier alpha value is -0.120. The fraction of sp³-hybridized carbons (Fsp3) is 0.400. The van der Waals surface area contributed by atoms with E-state index in [1.165, 1.54) is 11.8 Å². The predicted molar refractivity (Wildman–Crippen MR) is 72.5 cm³/mol. The molecule has 0 saturated carbocycles. The minimum atomic E-state index is -3.55. The second kappa shape index (κ2) is 4.46. The summed E-state index contributed by atoms with van der Waals surface area (Å²) in [5.74, 6) is 0. The number of sulfonamides is 1. The van der Waals surface area contributed by atoms with E-state index in [1.807, 2.05) is 0 Å². The van der Waals surface area contributed by atoms with Crippen molar-refractivity contribution in [3.63, 3.8) is 0 Å². The van der Waals surface area contributed by atoms with Gasteiger partial charge in [0.2, 0.25) is 15.1 Å². The Bertz CT molecular complexity index is 563. The van der Waals surface area contributed by atoms with Crippen molar-refractivity contribution < 1.29 is 13.2 Å². The van der Waals surface area contributed by atoms with E-state index in [-0.39, 0.29) is 10.3 Å². The number of halogens is 1. The van der Waals surface area contributed by atoms with Gasteiger partial charge in [-0.1, -0.05) is 27.7 Å². The first kappa shape index (κ1) is 12.9. The number of fused-ring (bicyclic) bond motifs is 1. The third-order valence-electron chi connectivity index (χ3n) is 2.73. The Labute approximate surface area is 118 Å². The molecule has 1 aromatic carbocycles. The Morgan fingerprint density at radius 3 is 2.83 bits per heavy atom. The second-order valence-corrected chi connectivity index (χ2v) is 7.94. The molecule has 2 fully saturated rings. The van der Waals surface area contributed by atoms with Crippen LogP contribution in [0.25, 0.3) is 0 Å². The van der Waals surface area contributed by atoms with Crippen molar-refractivity contribution in [2.75, 3.05) is 13.2 Å². The summed E-state index contributed by atoms with van der Waals surface area (Å²) in [6.07, 6.45) is 0. The lowest BCUT2D eigenvalue weighted by Gasteiger charge is -2.22. The molecule has 0 unspecified atom stereocenters. The van der Waals surface area contributed by atoms with Gasteiger partial charge >= 0.3 is 0 Å². The van der Waals surface area contributed by atoms with Gasteiger partial charge in [0, 0.05) is 11.0 Å². The van der Waals surface area contributed by atoms with Crippen LogP contribution in [0.1, 0.15) is 0 Å². The van der Waals surface area contributed by atoms with Gasteiger partial charge in [0.15, 0.2) is 0 Å². The van der Waals surface area contributed by atoms with Crippen molar-refractivity contribution >= 4 is 37.7 Å². The summed E-state index contributed by atoms with van der Waals surface area (Å²) in [6.45, 7) is 1.26. The summed E-state index contributed by atoms with van der Waals surface area (Å²) in [6, 6.07) is 6.51. The van der Waals surface area contributed by atoms with Crippen LogP contribution in [0.5, 0.6) is 0 Å². The number of thioether (sulfide) groups is 1. The fourth-order valence-electron chi connectivity index (χ4n) is 1.79. The quantitative estimate of drug-likeness (QED) is 0.798. The first-order valence-electron chi connectivity index (χ1n) is 5.37. The van der Waals surface area contributed by atoms with Crippen molar-refractivity contribution in [1.82, 2.24) is 10.0 Å². The van der Waals surface area contributed by atoms with Crippen molar-refractivity contribution in [3.8, 4) is 0 Å². The van der Waals surface area contributed by atoms with Gasteiger partial charge in [0.05, 0.1) is 11.5 Å². The van der Waals surface area contributed by atoms with Gasteiger partial charge in [-0.25, -0.2) is 8.42 Å². The molecule has 2 saturated heterocycles. The first-order valence-corrected chi connectivity index (χ1v) is 8.52. The Balaban J connectivity index is 1.81. The van der Waals surface area contributed by atoms with E-state index in [0.717, 1.165) is 11.0 Å². The highest BCUT2D eigenvalue weighted by atomic mass is 79.9. The third-order valence-corrected chi connectivity index (χ3v) is 6.14. The molecular weight excluding hydrogens is 340 g/mol. The van der Waals surface area contributed by atoms with Gasteiger partial charge in [-0.05, 0) is 24.3 Å². The van der Waals surface area contributed by atoms with Crippen LogP contribution in [0, 0.1) is 0 Å². The van der Waals surface area contributed by atoms with Gasteiger partial charge in [-0.15, -0.1) is 0 Å². The van der Waals surface area contributed by atoms with Gasteiger partial charge in [-0.3, -0.25) is 5.32 Å². The smallest absolute Gasteiger partial charge is 0.243 e. The topological polar surface area (TPSA) is 67.4 Å². The molecule has 3 rings (SSSR count). The van der Waals surface area contributed by atoms with E-state index in [1.54, 1.807) is 24.3 Å². The number of hydrogen-bond acceptors (Lipinski definition) is 5. The zero-order valence-corrected chi connectivity index (χ0v) is 12.4. The van der Waals surface area contributed by atoms with E-state index < -0.39 is 15.1 Å². The summed E-state index contributed by atoms with van der Waals surface area (Å²) in [5.41, 5.74) is 0. The number of rotatable bonds is 3. The monoisotopic (exact) mass is 350 g/mol. The van der Waals surface area contributed by atoms with Crippen LogP contribution in [0.15, 0.2) is 33.6 Å². The molecule has 2 heterocycles. The van der Waals surface area contributed by atoms with E-state index in [4.69, 9.17) is 4.74 Å². The lowest BCUT2D eigenvalue weighted by atomic mass is 10.4. The van der Waals surface area contributed by atoms with Crippen LogP contribution >= 0.6 is 27.7 Å². The maximum absolute atomic E-state index is 12.2. The van der Waals surface area contributed by atoms with Crippen molar-refractivity contribution in [3.05, 3.63) is 28.7 Å². The predicted octanol–water partition coefficient (Wildman–Crippen LogP) is 1.07. The largest absolute Gasteiger partial charge is 0.347 e. The van der Waals surface area contributed by atoms with Gasteiger partial charge in [0.1, 0.15) is 5.37 Å². The van der Waals surface area contributed by atoms with Crippen LogP contribution in [-0.2, 0) is 14.8 Å². The standard InChI is InChI=1S/C10H11BrN2O3S2/c11-7-1-3-8(4-2-7)18(14,15)13-10-9(17-10)12-5-6-16-10/h1-4,9,12-13H,5-6H2/t9-,10+/m1/s1. The molecule has 2 atom stereocenters. The van der Waals surface area contributed by atoms with Crippen LogP contribution < -0.4 is 10.0 Å². The zero-order valence-electron chi connectivity index (χ0n) is 9.22. The molecule has 2 N–H and O–H groups in total. The lowest BCUT2D eigenvalue weighted by molar-refractivity contribution is 0.0151. The minimum Gasteiger partial charge on any atom is -0.347 e. The molecule has 1 aromatic rings. The van der Waals surface area contributed by atoms with Crippen LogP contribution in [0.4, 0.5) is 0 Å². The molecule has 5 nitrogen and oxygen atoms in total. The minimum absolute atomic E-state index is 0.0106. The molecule has 0 aromatic heterocycles. The molecule has 8 heteroatoms. The number of morpholine rings is 1. The normalized spacial score (nSPS) is 30.8. The summed E-state index contributed by atoms with van der Waals surface area (Å²) in [5, 5.41) is 2.38. The van der Waals surface area contributed by atoms with E-state index in [0.29, 0.717) is 6.61 Å². The fourth-order valence-corrected chi connectivity index (χ4v) is 4.66. The highest BCUT2D eigenvalue weighted by Gasteiger charge is 2.61. The number of nitrogens with one attached hydrogen (secondary N) is 2. The number of ether oxygens (including phenoxy) is 1. The second-order valence-electron chi connectivity index (χ2n) is 4.03. The number of hydrogen-bond donors (Lipinski definition) is 2. The highest BCUT2D eigenvalue weighted by Crippen LogP contribution is 2.52. The summed E-state index contributed by atoms with van der Waals surface area (Å²) in [4.78, 5) is 0.237. The van der Waals surface area contributed by atoms with Crippen molar-refractivity contribution in [2.24, 2.45) is 0 Å². The molecule has 18 heavy (non-hydrogen) atoms. The highest BCUT2D eigenvalue weighted by molar-refractivity contribution is 9.10. The van der Waals surface area contributed by atoms with Gasteiger partial charge < -0.3 is 4.74 Å². The molecule has 0 radical (unpaired) electrons. The lowest BCUT2D eigenvalue weighted by Crippen LogP contribution is -2.49. The summed E-state index contributed by atoms with van der Waals surface area (Å²) >= 11 is 4.71. The zero-order chi connectivity index (χ0) is 12.8. The van der Waals surface area contributed by atoms with Crippen molar-refractivity contribution in [1.29, 1.82) is 0 Å².